The first-order valence-electron chi connectivity index (χ1n) is 6.27. The lowest BCUT2D eigenvalue weighted by Gasteiger charge is -2.33. The van der Waals surface area contributed by atoms with Crippen molar-refractivity contribution in [3.63, 3.8) is 0 Å². The minimum atomic E-state index is -4.56. The van der Waals surface area contributed by atoms with E-state index in [1.54, 1.807) is 0 Å². The van der Waals surface area contributed by atoms with E-state index in [0.717, 1.165) is 18.2 Å². The molecule has 8 heteroatoms. The molecule has 21 heavy (non-hydrogen) atoms. The predicted molar refractivity (Wildman–Crippen MR) is 69.4 cm³/mol. The Morgan fingerprint density at radius 2 is 2.10 bits per heavy atom. The minimum Gasteiger partial charge on any atom is -0.398 e. The summed E-state index contributed by atoms with van der Waals surface area (Å²) in [6.07, 6.45) is -4.56. The first-order chi connectivity index (χ1) is 9.71. The van der Waals surface area contributed by atoms with Crippen LogP contribution in [-0.2, 0) is 11.0 Å². The van der Waals surface area contributed by atoms with E-state index in [1.165, 1.54) is 11.8 Å². The quantitative estimate of drug-likeness (QED) is 0.767. The number of hydrogen-bond acceptors (Lipinski definition) is 3. The number of nitrogen functional groups attached to an aromatic ring is 1. The monoisotopic (exact) mass is 301 g/mol. The van der Waals surface area contributed by atoms with E-state index in [9.17, 15) is 22.8 Å². The van der Waals surface area contributed by atoms with Gasteiger partial charge in [0, 0.05) is 18.8 Å². The van der Waals surface area contributed by atoms with E-state index in [1.807, 2.05) is 0 Å². The Hall–Kier alpha value is -2.25. The van der Waals surface area contributed by atoms with E-state index >= 15 is 0 Å². The van der Waals surface area contributed by atoms with Crippen LogP contribution >= 0.6 is 0 Å². The highest BCUT2D eigenvalue weighted by Crippen LogP contribution is 2.31. The van der Waals surface area contributed by atoms with Gasteiger partial charge in [0.1, 0.15) is 6.04 Å². The van der Waals surface area contributed by atoms with E-state index in [4.69, 9.17) is 5.73 Å². The lowest BCUT2D eigenvalue weighted by molar-refractivity contribution is -0.137. The number of benzene rings is 1. The van der Waals surface area contributed by atoms with Crippen LogP contribution in [0.1, 0.15) is 22.8 Å². The van der Waals surface area contributed by atoms with E-state index in [0.29, 0.717) is 0 Å². The zero-order valence-electron chi connectivity index (χ0n) is 11.2. The molecule has 0 spiro atoms. The second-order valence-electron chi connectivity index (χ2n) is 4.77. The average Bonchev–Trinajstić information content (AvgIpc) is 2.40. The Morgan fingerprint density at radius 1 is 1.43 bits per heavy atom. The smallest absolute Gasteiger partial charge is 0.398 e. The fourth-order valence-electron chi connectivity index (χ4n) is 2.13. The largest absolute Gasteiger partial charge is 0.416 e. The van der Waals surface area contributed by atoms with Crippen molar-refractivity contribution in [1.82, 2.24) is 10.2 Å². The summed E-state index contributed by atoms with van der Waals surface area (Å²) in [6, 6.07) is 1.83. The minimum absolute atomic E-state index is 0.0498. The zero-order valence-corrected chi connectivity index (χ0v) is 11.2. The number of anilines is 1. The molecule has 1 aromatic rings. The molecule has 1 unspecified atom stereocenters. The Morgan fingerprint density at radius 3 is 2.71 bits per heavy atom. The molecule has 0 radical (unpaired) electrons. The third-order valence-corrected chi connectivity index (χ3v) is 3.37. The lowest BCUT2D eigenvalue weighted by Crippen LogP contribution is -2.55. The van der Waals surface area contributed by atoms with Crippen LogP contribution in [0.3, 0.4) is 0 Å². The maximum atomic E-state index is 12.7. The summed E-state index contributed by atoms with van der Waals surface area (Å²) >= 11 is 0. The van der Waals surface area contributed by atoms with Crippen molar-refractivity contribution in [1.29, 1.82) is 0 Å². The van der Waals surface area contributed by atoms with E-state index in [2.05, 4.69) is 5.32 Å². The number of carbonyl (C=O) groups is 2. The molecule has 1 aliphatic rings. The van der Waals surface area contributed by atoms with Crippen molar-refractivity contribution in [2.24, 2.45) is 0 Å². The molecule has 1 atom stereocenters. The summed E-state index contributed by atoms with van der Waals surface area (Å²) < 4.78 is 38.1. The third kappa shape index (κ3) is 2.93. The SMILES string of the molecule is CC1C(=O)NCCN1C(=O)c1cc(C(F)(F)F)ccc1N. The van der Waals surface area contributed by atoms with Crippen LogP contribution in [0.15, 0.2) is 18.2 Å². The molecule has 2 amide bonds. The number of rotatable bonds is 1. The van der Waals surface area contributed by atoms with Gasteiger partial charge in [-0.25, -0.2) is 0 Å². The van der Waals surface area contributed by atoms with Crippen LogP contribution in [0, 0.1) is 0 Å². The molecule has 1 saturated heterocycles. The van der Waals surface area contributed by atoms with Crippen LogP contribution in [-0.4, -0.2) is 35.8 Å². The molecule has 0 bridgehead atoms. The van der Waals surface area contributed by atoms with Gasteiger partial charge in [0.05, 0.1) is 11.1 Å². The van der Waals surface area contributed by atoms with Crippen molar-refractivity contribution in [3.8, 4) is 0 Å². The number of carbonyl (C=O) groups excluding carboxylic acids is 2. The van der Waals surface area contributed by atoms with E-state index in [-0.39, 0.29) is 30.2 Å². The molecule has 1 heterocycles. The number of amides is 2. The van der Waals surface area contributed by atoms with Gasteiger partial charge in [-0.2, -0.15) is 13.2 Å². The van der Waals surface area contributed by atoms with Crippen LogP contribution in [0.4, 0.5) is 18.9 Å². The molecule has 0 aliphatic carbocycles. The zero-order chi connectivity index (χ0) is 15.8. The first kappa shape index (κ1) is 15.1. The van der Waals surface area contributed by atoms with Crippen molar-refractivity contribution >= 4 is 17.5 Å². The summed E-state index contributed by atoms with van der Waals surface area (Å²) in [7, 11) is 0. The Bertz CT molecular complexity index is 587. The van der Waals surface area contributed by atoms with Gasteiger partial charge in [-0.05, 0) is 25.1 Å². The summed E-state index contributed by atoms with van der Waals surface area (Å²) in [6.45, 7) is 1.99. The number of nitrogens with zero attached hydrogens (tertiary/aromatic N) is 1. The Labute approximate surface area is 118 Å². The van der Waals surface area contributed by atoms with Gasteiger partial charge in [0.2, 0.25) is 5.91 Å². The second-order valence-corrected chi connectivity index (χ2v) is 4.77. The predicted octanol–water partition coefficient (Wildman–Crippen LogP) is 1.25. The second kappa shape index (κ2) is 5.27. The molecule has 3 N–H and O–H groups in total. The average molecular weight is 301 g/mol. The number of nitrogens with two attached hydrogens (primary N) is 1. The van der Waals surface area contributed by atoms with Gasteiger partial charge < -0.3 is 16.0 Å². The normalized spacial score (nSPS) is 19.3. The van der Waals surface area contributed by atoms with Gasteiger partial charge in [-0.3, -0.25) is 9.59 Å². The molecule has 1 aliphatic heterocycles. The summed E-state index contributed by atoms with van der Waals surface area (Å²) in [5, 5.41) is 2.57. The highest BCUT2D eigenvalue weighted by atomic mass is 19.4. The fraction of sp³-hybridized carbons (Fsp3) is 0.385. The molecular formula is C13H14F3N3O2. The highest BCUT2D eigenvalue weighted by molar-refractivity contribution is 6.02. The van der Waals surface area contributed by atoms with Gasteiger partial charge in [0.15, 0.2) is 0 Å². The molecule has 1 fully saturated rings. The molecular weight excluding hydrogens is 287 g/mol. The Balaban J connectivity index is 2.36. The number of halogens is 3. The van der Waals surface area contributed by atoms with Crippen LogP contribution < -0.4 is 11.1 Å². The molecule has 114 valence electrons. The molecule has 5 nitrogen and oxygen atoms in total. The third-order valence-electron chi connectivity index (χ3n) is 3.37. The van der Waals surface area contributed by atoms with Gasteiger partial charge in [-0.1, -0.05) is 0 Å². The van der Waals surface area contributed by atoms with Crippen LogP contribution in [0.5, 0.6) is 0 Å². The van der Waals surface area contributed by atoms with Crippen molar-refractivity contribution in [2.45, 2.75) is 19.1 Å². The summed E-state index contributed by atoms with van der Waals surface area (Å²) in [5.74, 6) is -1.03. The molecule has 1 aromatic carbocycles. The first-order valence-corrected chi connectivity index (χ1v) is 6.27. The topological polar surface area (TPSA) is 75.4 Å². The van der Waals surface area contributed by atoms with E-state index < -0.39 is 23.7 Å². The fourth-order valence-corrected chi connectivity index (χ4v) is 2.13. The molecule has 2 rings (SSSR count). The highest BCUT2D eigenvalue weighted by Gasteiger charge is 2.34. The maximum absolute atomic E-state index is 12.7. The van der Waals surface area contributed by atoms with Crippen LogP contribution in [0.2, 0.25) is 0 Å². The summed E-state index contributed by atoms with van der Waals surface area (Å²) in [4.78, 5) is 25.1. The number of hydrogen-bond donors (Lipinski definition) is 2. The molecule has 0 saturated carbocycles. The maximum Gasteiger partial charge on any atom is 0.416 e. The standard InChI is InChI=1S/C13H14F3N3O2/c1-7-11(20)18-4-5-19(7)12(21)9-6-8(13(14,15)16)2-3-10(9)17/h2-3,6-7H,4-5,17H2,1H3,(H,18,20). The van der Waals surface area contributed by atoms with Gasteiger partial charge >= 0.3 is 6.18 Å². The van der Waals surface area contributed by atoms with Crippen molar-refractivity contribution < 1.29 is 22.8 Å². The molecule has 0 aromatic heterocycles. The Kier molecular flexibility index (Phi) is 3.80. The van der Waals surface area contributed by atoms with Crippen LogP contribution in [0.25, 0.3) is 0 Å². The summed E-state index contributed by atoms with van der Waals surface area (Å²) in [5.41, 5.74) is 4.36. The van der Waals surface area contributed by atoms with Crippen molar-refractivity contribution in [2.75, 3.05) is 18.8 Å². The number of alkyl halides is 3. The lowest BCUT2D eigenvalue weighted by atomic mass is 10.1. The van der Waals surface area contributed by atoms with Crippen molar-refractivity contribution in [3.05, 3.63) is 29.3 Å². The number of piperazine rings is 1. The van der Waals surface area contributed by atoms with Gasteiger partial charge in [-0.15, -0.1) is 0 Å². The number of nitrogens with one attached hydrogen (secondary N) is 1. The van der Waals surface area contributed by atoms with Gasteiger partial charge in [0.25, 0.3) is 5.91 Å².